The van der Waals surface area contributed by atoms with E-state index in [0.29, 0.717) is 11.3 Å². The van der Waals surface area contributed by atoms with Crippen LogP contribution in [-0.2, 0) is 16.0 Å². The maximum Gasteiger partial charge on any atom is 0.337 e. The van der Waals surface area contributed by atoms with Crippen LogP contribution in [0.15, 0.2) is 35.8 Å². The van der Waals surface area contributed by atoms with Crippen molar-refractivity contribution in [1.82, 2.24) is 9.38 Å². The molecule has 0 bridgehead atoms. The lowest BCUT2D eigenvalue weighted by atomic mass is 10.2. The lowest BCUT2D eigenvalue weighted by Gasteiger charge is -2.06. The Morgan fingerprint density at radius 3 is 2.74 bits per heavy atom. The third-order valence-corrected chi connectivity index (χ3v) is 4.22. The van der Waals surface area contributed by atoms with Gasteiger partial charge in [0.05, 0.1) is 24.8 Å². The van der Waals surface area contributed by atoms with Gasteiger partial charge >= 0.3 is 5.97 Å². The van der Waals surface area contributed by atoms with E-state index in [1.165, 1.54) is 18.4 Å². The minimum absolute atomic E-state index is 0.123. The van der Waals surface area contributed by atoms with E-state index in [0.717, 1.165) is 16.3 Å². The van der Waals surface area contributed by atoms with Gasteiger partial charge in [-0.3, -0.25) is 9.20 Å². The number of anilines is 1. The van der Waals surface area contributed by atoms with Gasteiger partial charge in [-0.25, -0.2) is 9.78 Å². The molecule has 3 aromatic rings. The topological polar surface area (TPSA) is 72.7 Å². The molecule has 0 unspecified atom stereocenters. The SMILES string of the molecule is COC(=O)c1ccc(NC(=O)Cc2csc3nc(C)cn23)cc1. The number of ether oxygens (including phenoxy) is 1. The number of rotatable bonds is 4. The zero-order valence-electron chi connectivity index (χ0n) is 12.7. The number of amides is 1. The van der Waals surface area contributed by atoms with Gasteiger partial charge in [-0.05, 0) is 31.2 Å². The van der Waals surface area contributed by atoms with Gasteiger partial charge in [0.1, 0.15) is 0 Å². The van der Waals surface area contributed by atoms with E-state index in [-0.39, 0.29) is 12.3 Å². The Kier molecular flexibility index (Phi) is 4.12. The molecule has 0 saturated heterocycles. The van der Waals surface area contributed by atoms with Gasteiger partial charge in [-0.2, -0.15) is 0 Å². The first-order valence-corrected chi connectivity index (χ1v) is 7.85. The summed E-state index contributed by atoms with van der Waals surface area (Å²) in [5.41, 5.74) is 2.90. The summed E-state index contributed by atoms with van der Waals surface area (Å²) in [7, 11) is 1.33. The van der Waals surface area contributed by atoms with Crippen molar-refractivity contribution in [2.45, 2.75) is 13.3 Å². The van der Waals surface area contributed by atoms with Gasteiger partial charge in [0.15, 0.2) is 4.96 Å². The normalized spacial score (nSPS) is 10.7. The predicted molar refractivity (Wildman–Crippen MR) is 87.9 cm³/mol. The molecule has 0 aliphatic carbocycles. The van der Waals surface area contributed by atoms with Gasteiger partial charge in [0, 0.05) is 23.0 Å². The summed E-state index contributed by atoms with van der Waals surface area (Å²) in [5.74, 6) is -0.527. The number of methoxy groups -OCH3 is 1. The molecule has 2 aromatic heterocycles. The number of carbonyl (C=O) groups is 2. The van der Waals surface area contributed by atoms with Crippen molar-refractivity contribution in [3.05, 3.63) is 52.8 Å². The molecule has 0 radical (unpaired) electrons. The summed E-state index contributed by atoms with van der Waals surface area (Å²) < 4.78 is 6.57. The number of imidazole rings is 1. The molecule has 0 atom stereocenters. The standard InChI is InChI=1S/C16H15N3O3S/c1-10-8-19-13(9-23-16(19)17-10)7-14(20)18-12-5-3-11(4-6-12)15(21)22-2/h3-6,8-9H,7H2,1-2H3,(H,18,20). The third-order valence-electron chi connectivity index (χ3n) is 3.34. The highest BCUT2D eigenvalue weighted by atomic mass is 32.1. The van der Waals surface area contributed by atoms with Crippen molar-refractivity contribution in [2.75, 3.05) is 12.4 Å². The van der Waals surface area contributed by atoms with Crippen LogP contribution >= 0.6 is 11.3 Å². The van der Waals surface area contributed by atoms with Crippen molar-refractivity contribution in [3.63, 3.8) is 0 Å². The molecule has 6 nitrogen and oxygen atoms in total. The van der Waals surface area contributed by atoms with Crippen molar-refractivity contribution < 1.29 is 14.3 Å². The molecule has 0 saturated carbocycles. The fourth-order valence-corrected chi connectivity index (χ4v) is 3.16. The van der Waals surface area contributed by atoms with E-state index < -0.39 is 5.97 Å². The quantitative estimate of drug-likeness (QED) is 0.747. The lowest BCUT2D eigenvalue weighted by Crippen LogP contribution is -2.15. The Morgan fingerprint density at radius 2 is 2.04 bits per heavy atom. The molecule has 2 heterocycles. The maximum absolute atomic E-state index is 12.2. The number of nitrogens with zero attached hydrogens (tertiary/aromatic N) is 2. The first-order chi connectivity index (χ1) is 11.1. The smallest absolute Gasteiger partial charge is 0.337 e. The minimum Gasteiger partial charge on any atom is -0.465 e. The van der Waals surface area contributed by atoms with Crippen LogP contribution in [0.3, 0.4) is 0 Å². The highest BCUT2D eigenvalue weighted by Crippen LogP contribution is 2.17. The van der Waals surface area contributed by atoms with Gasteiger partial charge in [-0.1, -0.05) is 0 Å². The molecule has 23 heavy (non-hydrogen) atoms. The van der Waals surface area contributed by atoms with Crippen LogP contribution in [-0.4, -0.2) is 28.4 Å². The van der Waals surface area contributed by atoms with Crippen LogP contribution in [0.4, 0.5) is 5.69 Å². The second-order valence-corrected chi connectivity index (χ2v) is 5.89. The molecule has 0 fully saturated rings. The van der Waals surface area contributed by atoms with Crippen LogP contribution in [0.1, 0.15) is 21.7 Å². The average Bonchev–Trinajstić information content (AvgIpc) is 3.07. The fraction of sp³-hybridized carbons (Fsp3) is 0.188. The first-order valence-electron chi connectivity index (χ1n) is 6.97. The van der Waals surface area contributed by atoms with Crippen LogP contribution in [0.25, 0.3) is 4.96 Å². The van der Waals surface area contributed by atoms with Crippen molar-refractivity contribution in [1.29, 1.82) is 0 Å². The zero-order chi connectivity index (χ0) is 16.4. The van der Waals surface area contributed by atoms with Crippen LogP contribution < -0.4 is 5.32 Å². The summed E-state index contributed by atoms with van der Waals surface area (Å²) in [6.07, 6.45) is 2.17. The third kappa shape index (κ3) is 3.24. The van der Waals surface area contributed by atoms with Crippen molar-refractivity contribution in [2.24, 2.45) is 0 Å². The second-order valence-electron chi connectivity index (χ2n) is 5.06. The molecule has 7 heteroatoms. The van der Waals surface area contributed by atoms with Crippen LogP contribution in [0.5, 0.6) is 0 Å². The molecular formula is C16H15N3O3S. The lowest BCUT2D eigenvalue weighted by molar-refractivity contribution is -0.115. The molecule has 1 N–H and O–H groups in total. The number of aromatic nitrogens is 2. The molecule has 3 rings (SSSR count). The number of nitrogens with one attached hydrogen (secondary N) is 1. The molecule has 0 aliphatic heterocycles. The van der Waals surface area contributed by atoms with E-state index in [1.807, 2.05) is 22.9 Å². The summed E-state index contributed by atoms with van der Waals surface area (Å²) in [6, 6.07) is 6.58. The summed E-state index contributed by atoms with van der Waals surface area (Å²) in [5, 5.41) is 4.75. The number of hydrogen-bond donors (Lipinski definition) is 1. The number of hydrogen-bond acceptors (Lipinski definition) is 5. The van der Waals surface area contributed by atoms with Gasteiger partial charge in [0.2, 0.25) is 5.91 Å². The van der Waals surface area contributed by atoms with E-state index in [2.05, 4.69) is 15.0 Å². The molecule has 0 aliphatic rings. The Balaban J connectivity index is 1.68. The molecule has 118 valence electrons. The highest BCUT2D eigenvalue weighted by Gasteiger charge is 2.11. The van der Waals surface area contributed by atoms with E-state index in [4.69, 9.17) is 0 Å². The largest absolute Gasteiger partial charge is 0.465 e. The van der Waals surface area contributed by atoms with Crippen LogP contribution in [0.2, 0.25) is 0 Å². The van der Waals surface area contributed by atoms with E-state index >= 15 is 0 Å². The molecule has 1 amide bonds. The Bertz CT molecular complexity index is 864. The maximum atomic E-state index is 12.2. The van der Waals surface area contributed by atoms with Gasteiger partial charge in [-0.15, -0.1) is 11.3 Å². The van der Waals surface area contributed by atoms with Gasteiger partial charge < -0.3 is 10.1 Å². The molecular weight excluding hydrogens is 314 g/mol. The number of carbonyl (C=O) groups excluding carboxylic acids is 2. The number of aryl methyl sites for hydroxylation is 1. The zero-order valence-corrected chi connectivity index (χ0v) is 13.5. The monoisotopic (exact) mass is 329 g/mol. The minimum atomic E-state index is -0.404. The van der Waals surface area contributed by atoms with Crippen LogP contribution in [0, 0.1) is 6.92 Å². The average molecular weight is 329 g/mol. The first kappa shape index (κ1) is 15.2. The summed E-state index contributed by atoms with van der Waals surface area (Å²) in [6.45, 7) is 1.92. The van der Waals surface area contributed by atoms with Gasteiger partial charge in [0.25, 0.3) is 0 Å². The number of thiazole rings is 1. The van der Waals surface area contributed by atoms with Crippen molar-refractivity contribution >= 4 is 33.9 Å². The molecule has 1 aromatic carbocycles. The number of fused-ring (bicyclic) bond motifs is 1. The van der Waals surface area contributed by atoms with E-state index in [9.17, 15) is 9.59 Å². The van der Waals surface area contributed by atoms with Crippen molar-refractivity contribution in [3.8, 4) is 0 Å². The van der Waals surface area contributed by atoms with E-state index in [1.54, 1.807) is 24.3 Å². The highest BCUT2D eigenvalue weighted by molar-refractivity contribution is 7.15. The summed E-state index contributed by atoms with van der Waals surface area (Å²) >= 11 is 1.51. The second kappa shape index (κ2) is 6.21. The Morgan fingerprint density at radius 1 is 1.30 bits per heavy atom. The Hall–Kier alpha value is -2.67. The number of benzene rings is 1. The Labute approximate surface area is 136 Å². The number of esters is 1. The summed E-state index contributed by atoms with van der Waals surface area (Å²) in [4.78, 5) is 28.8. The predicted octanol–water partition coefficient (Wildman–Crippen LogP) is 2.67. The fourth-order valence-electron chi connectivity index (χ4n) is 2.25. The molecule has 0 spiro atoms.